The minimum absolute atomic E-state index is 0.102. The van der Waals surface area contributed by atoms with E-state index in [9.17, 15) is 14.7 Å². The fraction of sp³-hybridized carbons (Fsp3) is 0.467. The van der Waals surface area contributed by atoms with Gasteiger partial charge in [0.15, 0.2) is 0 Å². The molecular formula is C15H19NO5. The molecule has 0 heterocycles. The molecule has 114 valence electrons. The van der Waals surface area contributed by atoms with Crippen LogP contribution in [0.3, 0.4) is 0 Å². The summed E-state index contributed by atoms with van der Waals surface area (Å²) in [6.45, 7) is 0. The Kier molecular flexibility index (Phi) is 4.35. The number of hydrogen-bond donors (Lipinski definition) is 3. The number of carboxylic acids is 1. The summed E-state index contributed by atoms with van der Waals surface area (Å²) in [5, 5.41) is 21.7. The van der Waals surface area contributed by atoms with Gasteiger partial charge in [-0.1, -0.05) is 12.8 Å². The lowest BCUT2D eigenvalue weighted by atomic mass is 9.92. The highest BCUT2D eigenvalue weighted by Crippen LogP contribution is 2.33. The van der Waals surface area contributed by atoms with Crippen molar-refractivity contribution < 1.29 is 24.5 Å². The average Bonchev–Trinajstić information content (AvgIpc) is 2.85. The second-order valence-electron chi connectivity index (χ2n) is 5.40. The quantitative estimate of drug-likeness (QED) is 0.770. The van der Waals surface area contributed by atoms with Gasteiger partial charge >= 0.3 is 5.97 Å². The van der Waals surface area contributed by atoms with Crippen molar-refractivity contribution in [3.63, 3.8) is 0 Å². The fourth-order valence-corrected chi connectivity index (χ4v) is 2.83. The summed E-state index contributed by atoms with van der Waals surface area (Å²) in [6, 6.07) is 4.40. The Morgan fingerprint density at radius 3 is 2.52 bits per heavy atom. The first-order chi connectivity index (χ1) is 9.96. The van der Waals surface area contributed by atoms with Crippen LogP contribution in [0.1, 0.15) is 42.5 Å². The van der Waals surface area contributed by atoms with Gasteiger partial charge in [0.2, 0.25) is 0 Å². The van der Waals surface area contributed by atoms with Gasteiger partial charge < -0.3 is 20.3 Å². The number of nitrogens with one attached hydrogen (secondary N) is 1. The van der Waals surface area contributed by atoms with E-state index in [2.05, 4.69) is 5.32 Å². The lowest BCUT2D eigenvalue weighted by Crippen LogP contribution is -2.47. The maximum absolute atomic E-state index is 12.3. The highest BCUT2D eigenvalue weighted by atomic mass is 16.5. The molecule has 6 nitrogen and oxygen atoms in total. The van der Waals surface area contributed by atoms with Crippen molar-refractivity contribution >= 4 is 11.9 Å². The van der Waals surface area contributed by atoms with Gasteiger partial charge in [-0.15, -0.1) is 0 Å². The van der Waals surface area contributed by atoms with Crippen LogP contribution in [0.15, 0.2) is 18.2 Å². The highest BCUT2D eigenvalue weighted by molar-refractivity contribution is 5.97. The number of rotatable bonds is 5. The molecule has 0 atom stereocenters. The van der Waals surface area contributed by atoms with Gasteiger partial charge in [-0.25, -0.2) is 0 Å². The predicted octanol–water partition coefficient (Wildman–Crippen LogP) is 1.92. The number of carbonyl (C=O) groups is 2. The molecule has 1 aromatic carbocycles. The molecule has 1 amide bonds. The second-order valence-corrected chi connectivity index (χ2v) is 5.40. The number of amides is 1. The molecule has 0 bridgehead atoms. The number of aliphatic carboxylic acids is 1. The number of carboxylic acid groups (broad SMARTS) is 1. The maximum atomic E-state index is 12.3. The Bertz CT molecular complexity index is 549. The molecule has 0 spiro atoms. The number of methoxy groups -OCH3 is 1. The number of ether oxygens (including phenoxy) is 1. The van der Waals surface area contributed by atoms with Crippen molar-refractivity contribution in [1.82, 2.24) is 5.32 Å². The third kappa shape index (κ3) is 3.45. The first-order valence-corrected chi connectivity index (χ1v) is 6.87. The molecule has 3 N–H and O–H groups in total. The Labute approximate surface area is 122 Å². The van der Waals surface area contributed by atoms with Crippen LogP contribution < -0.4 is 10.1 Å². The molecule has 2 rings (SSSR count). The van der Waals surface area contributed by atoms with Crippen LogP contribution in [0.25, 0.3) is 0 Å². The molecule has 6 heteroatoms. The molecule has 1 aromatic rings. The third-order valence-electron chi connectivity index (χ3n) is 3.88. The Balaban J connectivity index is 2.17. The number of carbonyl (C=O) groups excluding carboxylic acids is 1. The van der Waals surface area contributed by atoms with E-state index in [0.717, 1.165) is 12.8 Å². The Morgan fingerprint density at radius 1 is 1.33 bits per heavy atom. The minimum atomic E-state index is -0.934. The maximum Gasteiger partial charge on any atom is 0.305 e. The molecule has 1 aliphatic rings. The van der Waals surface area contributed by atoms with E-state index in [0.29, 0.717) is 18.6 Å². The monoisotopic (exact) mass is 293 g/mol. The van der Waals surface area contributed by atoms with Gasteiger partial charge in [0, 0.05) is 6.07 Å². The molecule has 1 aliphatic carbocycles. The fourth-order valence-electron chi connectivity index (χ4n) is 2.83. The molecule has 21 heavy (non-hydrogen) atoms. The smallest absolute Gasteiger partial charge is 0.305 e. The summed E-state index contributed by atoms with van der Waals surface area (Å²) in [6.07, 6.45) is 2.96. The number of benzene rings is 1. The van der Waals surface area contributed by atoms with Gasteiger partial charge in [0.1, 0.15) is 11.5 Å². The first kappa shape index (κ1) is 15.2. The molecule has 1 fully saturated rings. The SMILES string of the molecule is COc1ccc(C(=O)NC2(CC(=O)O)CCCC2)c(O)c1. The topological polar surface area (TPSA) is 95.9 Å². The van der Waals surface area contributed by atoms with Crippen molar-refractivity contribution in [2.75, 3.05) is 7.11 Å². The van der Waals surface area contributed by atoms with Crippen molar-refractivity contribution in [1.29, 1.82) is 0 Å². The van der Waals surface area contributed by atoms with Crippen LogP contribution in [0.4, 0.5) is 0 Å². The zero-order chi connectivity index (χ0) is 15.5. The summed E-state index contributed by atoms with van der Waals surface area (Å²) in [7, 11) is 1.47. The van der Waals surface area contributed by atoms with Gasteiger partial charge in [-0.2, -0.15) is 0 Å². The molecular weight excluding hydrogens is 274 g/mol. The van der Waals surface area contributed by atoms with E-state index in [-0.39, 0.29) is 17.7 Å². The van der Waals surface area contributed by atoms with Crippen molar-refractivity contribution in [3.05, 3.63) is 23.8 Å². The zero-order valence-electron chi connectivity index (χ0n) is 11.9. The Hall–Kier alpha value is -2.24. The molecule has 0 saturated heterocycles. The van der Waals surface area contributed by atoms with E-state index in [4.69, 9.17) is 9.84 Å². The largest absolute Gasteiger partial charge is 0.507 e. The van der Waals surface area contributed by atoms with E-state index in [1.165, 1.54) is 19.2 Å². The summed E-state index contributed by atoms with van der Waals surface area (Å²) < 4.78 is 4.97. The zero-order valence-corrected chi connectivity index (χ0v) is 11.9. The average molecular weight is 293 g/mol. The first-order valence-electron chi connectivity index (χ1n) is 6.87. The van der Waals surface area contributed by atoms with Crippen molar-refractivity contribution in [2.24, 2.45) is 0 Å². The lowest BCUT2D eigenvalue weighted by molar-refractivity contribution is -0.138. The van der Waals surface area contributed by atoms with Gasteiger partial charge in [0.05, 0.1) is 24.6 Å². The van der Waals surface area contributed by atoms with Gasteiger partial charge in [0.25, 0.3) is 5.91 Å². The summed E-state index contributed by atoms with van der Waals surface area (Å²) in [4.78, 5) is 23.3. The number of aromatic hydroxyl groups is 1. The predicted molar refractivity (Wildman–Crippen MR) is 75.6 cm³/mol. The summed E-state index contributed by atoms with van der Waals surface area (Å²) in [5.41, 5.74) is -0.595. The van der Waals surface area contributed by atoms with E-state index in [1.54, 1.807) is 6.07 Å². The minimum Gasteiger partial charge on any atom is -0.507 e. The third-order valence-corrected chi connectivity index (χ3v) is 3.88. The summed E-state index contributed by atoms with van der Waals surface area (Å²) >= 11 is 0. The van der Waals surface area contributed by atoms with Crippen LogP contribution >= 0.6 is 0 Å². The lowest BCUT2D eigenvalue weighted by Gasteiger charge is -2.28. The number of phenols is 1. The summed E-state index contributed by atoms with van der Waals surface area (Å²) in [5.74, 6) is -1.13. The molecule has 0 radical (unpaired) electrons. The van der Waals surface area contributed by atoms with Crippen LogP contribution in [0.2, 0.25) is 0 Å². The van der Waals surface area contributed by atoms with Gasteiger partial charge in [-0.3, -0.25) is 9.59 Å². The Morgan fingerprint density at radius 2 is 2.00 bits per heavy atom. The molecule has 0 aromatic heterocycles. The van der Waals surface area contributed by atoms with E-state index < -0.39 is 17.4 Å². The standard InChI is InChI=1S/C15H19NO5/c1-21-10-4-5-11(12(17)8-10)14(20)16-15(9-13(18)19)6-2-3-7-15/h4-5,8,17H,2-3,6-7,9H2,1H3,(H,16,20)(H,18,19). The number of phenolic OH excluding ortho intramolecular Hbond substituents is 1. The van der Waals surface area contributed by atoms with Crippen LogP contribution in [-0.4, -0.2) is 34.7 Å². The van der Waals surface area contributed by atoms with Crippen LogP contribution in [0.5, 0.6) is 11.5 Å². The van der Waals surface area contributed by atoms with Crippen LogP contribution in [-0.2, 0) is 4.79 Å². The van der Waals surface area contributed by atoms with E-state index in [1.807, 2.05) is 0 Å². The van der Waals surface area contributed by atoms with Crippen LogP contribution in [0, 0.1) is 0 Å². The van der Waals surface area contributed by atoms with E-state index >= 15 is 0 Å². The van der Waals surface area contributed by atoms with Crippen molar-refractivity contribution in [3.8, 4) is 11.5 Å². The molecule has 1 saturated carbocycles. The highest BCUT2D eigenvalue weighted by Gasteiger charge is 2.37. The molecule has 0 aliphatic heterocycles. The van der Waals surface area contributed by atoms with Gasteiger partial charge in [-0.05, 0) is 25.0 Å². The number of hydrogen-bond acceptors (Lipinski definition) is 4. The normalized spacial score (nSPS) is 16.4. The van der Waals surface area contributed by atoms with Crippen molar-refractivity contribution in [2.45, 2.75) is 37.6 Å². The second kappa shape index (κ2) is 6.03. The molecule has 0 unspecified atom stereocenters.